The number of aliphatic hydroxyl groups is 1. The highest BCUT2D eigenvalue weighted by atomic mass is 32.5. The second-order valence-corrected chi connectivity index (χ2v) is 12.3. The Morgan fingerprint density at radius 2 is 1.71 bits per heavy atom. The number of nitrogens with one attached hydrogen (secondary N) is 1. The van der Waals surface area contributed by atoms with E-state index >= 15 is 4.39 Å². The average Bonchev–Trinajstić information content (AvgIpc) is 3.45. The van der Waals surface area contributed by atoms with Crippen LogP contribution in [0.15, 0.2) is 59.7 Å². The summed E-state index contributed by atoms with van der Waals surface area (Å²) in [6, 6.07) is 13.4. The number of ether oxygens (including phenoxy) is 1. The van der Waals surface area contributed by atoms with Gasteiger partial charge in [-0.15, -0.1) is 0 Å². The van der Waals surface area contributed by atoms with Gasteiger partial charge < -0.3 is 24.6 Å². The Labute approximate surface area is 236 Å². The fourth-order valence-corrected chi connectivity index (χ4v) is 6.13. The number of alkyl halides is 3. The van der Waals surface area contributed by atoms with Crippen LogP contribution in [0.3, 0.4) is 0 Å². The summed E-state index contributed by atoms with van der Waals surface area (Å²) in [7, 11) is 0. The Balaban J connectivity index is 1.46. The molecule has 11 nitrogen and oxygen atoms in total. The van der Waals surface area contributed by atoms with E-state index in [1.807, 2.05) is 13.8 Å². The first-order valence-corrected chi connectivity index (χ1v) is 14.7. The van der Waals surface area contributed by atoms with Crippen LogP contribution in [0.2, 0.25) is 0 Å². The Bertz CT molecular complexity index is 1600. The summed E-state index contributed by atoms with van der Waals surface area (Å²) in [4.78, 5) is 22.1. The quantitative estimate of drug-likeness (QED) is 0.238. The van der Waals surface area contributed by atoms with Crippen molar-refractivity contribution in [2.45, 2.75) is 44.4 Å². The Hall–Kier alpha value is -3.49. The third kappa shape index (κ3) is 5.68. The molecule has 0 radical (unpaired) electrons. The van der Waals surface area contributed by atoms with Gasteiger partial charge in [-0.1, -0.05) is 35.4 Å². The second kappa shape index (κ2) is 11.1. The molecule has 1 aliphatic rings. The van der Waals surface area contributed by atoms with Crippen LogP contribution in [0.1, 0.15) is 17.4 Å². The van der Waals surface area contributed by atoms with E-state index in [1.165, 1.54) is 0 Å². The fourth-order valence-electron chi connectivity index (χ4n) is 4.20. The van der Waals surface area contributed by atoms with Gasteiger partial charge in [0.25, 0.3) is 12.0 Å². The molecule has 2 aromatic heterocycles. The van der Waals surface area contributed by atoms with E-state index in [1.54, 1.807) is 48.5 Å². The SMILES string of the molecule is Cc1ccc(OP(=S)(OC[C@@]2(C(F)F)O[C@@H](n3cnc4c(=O)[nH]c(N)nc43)[C@H](F)[C@@H]2O)Oc2ccc(C)cc2)cc1. The van der Waals surface area contributed by atoms with Gasteiger partial charge in [0, 0.05) is 11.8 Å². The highest BCUT2D eigenvalue weighted by molar-refractivity contribution is 8.07. The lowest BCUT2D eigenvalue weighted by molar-refractivity contribution is -0.191. The maximum atomic E-state index is 15.5. The van der Waals surface area contributed by atoms with Crippen molar-refractivity contribution in [1.29, 1.82) is 0 Å². The van der Waals surface area contributed by atoms with Gasteiger partial charge in [0.15, 0.2) is 29.2 Å². The van der Waals surface area contributed by atoms with Crippen LogP contribution in [0.25, 0.3) is 11.2 Å². The number of fused-ring (bicyclic) bond motifs is 1. The van der Waals surface area contributed by atoms with Crippen molar-refractivity contribution >= 4 is 35.6 Å². The molecule has 2 aromatic carbocycles. The summed E-state index contributed by atoms with van der Waals surface area (Å²) in [6.45, 7) is -1.31. The number of rotatable bonds is 9. The number of aromatic nitrogens is 4. The number of hydrogen-bond acceptors (Lipinski definition) is 10. The smallest absolute Gasteiger partial charge is 0.416 e. The number of aliphatic hydroxyl groups excluding tert-OH is 1. The minimum Gasteiger partial charge on any atom is -0.416 e. The lowest BCUT2D eigenvalue weighted by atomic mass is 9.97. The monoisotopic (exact) mass is 611 g/mol. The molecule has 1 fully saturated rings. The average molecular weight is 612 g/mol. The number of aryl methyl sites for hydroxylation is 2. The molecule has 16 heteroatoms. The predicted molar refractivity (Wildman–Crippen MR) is 146 cm³/mol. The molecule has 4 aromatic rings. The summed E-state index contributed by atoms with van der Waals surface area (Å²) >= 11 is 5.56. The van der Waals surface area contributed by atoms with Gasteiger partial charge in [-0.2, -0.15) is 4.98 Å². The molecule has 0 saturated carbocycles. The first-order chi connectivity index (χ1) is 19.4. The van der Waals surface area contributed by atoms with Crippen molar-refractivity contribution in [3.8, 4) is 11.5 Å². The first-order valence-electron chi connectivity index (χ1n) is 12.2. The van der Waals surface area contributed by atoms with Gasteiger partial charge in [-0.05, 0) is 38.1 Å². The number of benzene rings is 2. The normalized spacial score (nSPS) is 22.9. The maximum Gasteiger partial charge on any atom is 0.435 e. The molecular formula is C25H25F3N5O6PS. The van der Waals surface area contributed by atoms with Crippen molar-refractivity contribution in [3.05, 3.63) is 76.3 Å². The summed E-state index contributed by atoms with van der Waals surface area (Å²) in [5.41, 5.74) is 3.33. The summed E-state index contributed by atoms with van der Waals surface area (Å²) < 4.78 is 68.5. The molecule has 3 heterocycles. The largest absolute Gasteiger partial charge is 0.435 e. The van der Waals surface area contributed by atoms with Crippen molar-refractivity contribution < 1.29 is 36.6 Å². The second-order valence-electron chi connectivity index (χ2n) is 9.46. The molecule has 218 valence electrons. The topological polar surface area (TPSA) is 147 Å². The Morgan fingerprint density at radius 3 is 2.24 bits per heavy atom. The van der Waals surface area contributed by atoms with Crippen LogP contribution in [-0.2, 0) is 21.1 Å². The van der Waals surface area contributed by atoms with Crippen molar-refractivity contribution in [2.24, 2.45) is 0 Å². The predicted octanol–water partition coefficient (Wildman–Crippen LogP) is 3.95. The summed E-state index contributed by atoms with van der Waals surface area (Å²) in [6.07, 6.45) is -9.16. The molecule has 5 rings (SSSR count). The maximum absolute atomic E-state index is 15.5. The molecule has 4 atom stereocenters. The lowest BCUT2D eigenvalue weighted by Gasteiger charge is -2.32. The van der Waals surface area contributed by atoms with Crippen LogP contribution >= 0.6 is 6.72 Å². The van der Waals surface area contributed by atoms with Crippen LogP contribution in [0, 0.1) is 13.8 Å². The van der Waals surface area contributed by atoms with Crippen LogP contribution < -0.4 is 20.3 Å². The molecular weight excluding hydrogens is 586 g/mol. The number of aromatic amines is 1. The van der Waals surface area contributed by atoms with E-state index in [9.17, 15) is 18.7 Å². The third-order valence-corrected chi connectivity index (χ3v) is 8.51. The van der Waals surface area contributed by atoms with Gasteiger partial charge in [0.1, 0.15) is 17.6 Å². The molecule has 41 heavy (non-hydrogen) atoms. The number of H-pyrrole nitrogens is 1. The van der Waals surface area contributed by atoms with Gasteiger partial charge in [-0.3, -0.25) is 18.9 Å². The number of imidazole rings is 1. The highest BCUT2D eigenvalue weighted by Gasteiger charge is 2.62. The zero-order valence-corrected chi connectivity index (χ0v) is 23.3. The lowest BCUT2D eigenvalue weighted by Crippen LogP contribution is -2.52. The van der Waals surface area contributed by atoms with Gasteiger partial charge in [0.2, 0.25) is 5.95 Å². The van der Waals surface area contributed by atoms with Crippen molar-refractivity contribution in [1.82, 2.24) is 19.5 Å². The third-order valence-electron chi connectivity index (χ3n) is 6.43. The van der Waals surface area contributed by atoms with E-state index in [0.29, 0.717) is 0 Å². The number of nitrogens with zero attached hydrogens (tertiary/aromatic N) is 3. The minimum absolute atomic E-state index is 0.229. The molecule has 4 N–H and O–H groups in total. The van der Waals surface area contributed by atoms with E-state index in [2.05, 4.69) is 15.0 Å². The van der Waals surface area contributed by atoms with E-state index < -0.39 is 49.4 Å². The highest BCUT2D eigenvalue weighted by Crippen LogP contribution is 2.53. The van der Waals surface area contributed by atoms with E-state index in [4.69, 9.17) is 35.8 Å². The Kier molecular flexibility index (Phi) is 7.83. The summed E-state index contributed by atoms with van der Waals surface area (Å²) in [5.74, 6) is 0.166. The number of nitrogen functional groups attached to an aromatic ring is 1. The molecule has 0 amide bonds. The number of anilines is 1. The van der Waals surface area contributed by atoms with Gasteiger partial charge in [0.05, 0.1) is 12.9 Å². The molecule has 0 aliphatic carbocycles. The first kappa shape index (κ1) is 29.0. The number of nitrogens with two attached hydrogens (primary N) is 1. The van der Waals surface area contributed by atoms with E-state index in [0.717, 1.165) is 22.0 Å². The molecule has 0 bridgehead atoms. The standard InChI is InChI=1S/C25H25F3N5O6PS/c1-13-3-7-15(8-4-13)38-40(41,39-16-9-5-14(2)6-10-16)36-11-25(23(27)28)19(34)17(26)22(37-25)33-12-30-18-20(33)31-24(29)32-21(18)35/h3-10,12,17,19,22-23,34H,11H2,1-2H3,(H3,29,31,32,35)/t17-,19+,22-,25-/m1/s1. The van der Waals surface area contributed by atoms with Gasteiger partial charge >= 0.3 is 6.72 Å². The van der Waals surface area contributed by atoms with Gasteiger partial charge in [-0.25, -0.2) is 18.2 Å². The molecule has 0 spiro atoms. The fraction of sp³-hybridized carbons (Fsp3) is 0.320. The minimum atomic E-state index is -3.91. The molecule has 1 aliphatic heterocycles. The zero-order chi connectivity index (χ0) is 29.5. The summed E-state index contributed by atoms with van der Waals surface area (Å²) in [5, 5.41) is 10.8. The number of halogens is 3. The Morgan fingerprint density at radius 1 is 1.15 bits per heavy atom. The zero-order valence-electron chi connectivity index (χ0n) is 21.6. The number of hydrogen-bond donors (Lipinski definition) is 3. The molecule has 1 saturated heterocycles. The van der Waals surface area contributed by atoms with Crippen LogP contribution in [-0.4, -0.2) is 55.5 Å². The van der Waals surface area contributed by atoms with Crippen LogP contribution in [0.4, 0.5) is 19.1 Å². The van der Waals surface area contributed by atoms with Crippen LogP contribution in [0.5, 0.6) is 11.5 Å². The molecule has 0 unspecified atom stereocenters. The van der Waals surface area contributed by atoms with Crippen molar-refractivity contribution in [3.63, 3.8) is 0 Å². The van der Waals surface area contributed by atoms with E-state index in [-0.39, 0.29) is 28.6 Å². The van der Waals surface area contributed by atoms with Crippen molar-refractivity contribution in [2.75, 3.05) is 12.3 Å².